The summed E-state index contributed by atoms with van der Waals surface area (Å²) in [5.74, 6) is -0.148. The normalized spacial score (nSPS) is 16.9. The van der Waals surface area contributed by atoms with Gasteiger partial charge in [0.15, 0.2) is 11.6 Å². The Morgan fingerprint density at radius 2 is 2.29 bits per heavy atom. The summed E-state index contributed by atoms with van der Waals surface area (Å²) in [6.07, 6.45) is 1.76. The Balaban J connectivity index is 1.77. The molecule has 0 spiro atoms. The predicted molar refractivity (Wildman–Crippen MR) is 63.7 cm³/mol. The highest BCUT2D eigenvalue weighted by Crippen LogP contribution is 2.20. The highest BCUT2D eigenvalue weighted by Gasteiger charge is 2.21. The van der Waals surface area contributed by atoms with Gasteiger partial charge in [0, 0.05) is 12.6 Å². The second-order valence-electron chi connectivity index (χ2n) is 4.53. The maximum Gasteiger partial charge on any atom is 0.167 e. The molecular weight excluding hydrogens is 221 g/mol. The van der Waals surface area contributed by atoms with Crippen LogP contribution < -0.4 is 10.1 Å². The Morgan fingerprint density at radius 3 is 3.00 bits per heavy atom. The van der Waals surface area contributed by atoms with Gasteiger partial charge in [-0.1, -0.05) is 12.1 Å². The molecule has 94 valence electrons. The van der Waals surface area contributed by atoms with Crippen molar-refractivity contribution >= 4 is 0 Å². The van der Waals surface area contributed by atoms with Gasteiger partial charge in [-0.05, 0) is 31.4 Å². The van der Waals surface area contributed by atoms with E-state index in [-0.39, 0.29) is 18.2 Å². The van der Waals surface area contributed by atoms with E-state index in [0.29, 0.717) is 18.2 Å². The molecule has 1 aromatic carbocycles. The molecule has 0 heterocycles. The molecule has 1 aliphatic carbocycles. The number of halogens is 1. The molecule has 1 aliphatic rings. The lowest BCUT2D eigenvalue weighted by Gasteiger charge is -2.13. The molecule has 0 aliphatic heterocycles. The zero-order valence-electron chi connectivity index (χ0n) is 9.95. The highest BCUT2D eigenvalue weighted by molar-refractivity contribution is 5.30. The minimum atomic E-state index is -0.601. The van der Waals surface area contributed by atoms with E-state index in [1.807, 2.05) is 0 Å². The van der Waals surface area contributed by atoms with Gasteiger partial charge in [0.05, 0.1) is 0 Å². The Hall–Kier alpha value is -1.13. The van der Waals surface area contributed by atoms with E-state index in [9.17, 15) is 9.50 Å². The van der Waals surface area contributed by atoms with Gasteiger partial charge in [-0.25, -0.2) is 4.39 Å². The number of aryl methyl sites for hydroxylation is 1. The molecule has 0 aromatic heterocycles. The fourth-order valence-corrected chi connectivity index (χ4v) is 1.57. The van der Waals surface area contributed by atoms with Crippen LogP contribution in [0.25, 0.3) is 0 Å². The summed E-state index contributed by atoms with van der Waals surface area (Å²) in [5.41, 5.74) is 0.549. The maximum atomic E-state index is 13.6. The molecule has 0 saturated heterocycles. The predicted octanol–water partition coefficient (Wildman–Crippen LogP) is 1.63. The molecular formula is C13H18FNO2. The third-order valence-electron chi connectivity index (χ3n) is 2.81. The first-order chi connectivity index (χ1) is 8.16. The summed E-state index contributed by atoms with van der Waals surface area (Å²) in [6.45, 7) is 2.30. The molecule has 1 fully saturated rings. The average molecular weight is 239 g/mol. The van der Waals surface area contributed by atoms with E-state index in [0.717, 1.165) is 0 Å². The number of aliphatic hydroxyl groups excluding tert-OH is 1. The lowest BCUT2D eigenvalue weighted by atomic mass is 10.2. The number of ether oxygens (including phenoxy) is 1. The molecule has 1 unspecified atom stereocenters. The second kappa shape index (κ2) is 5.47. The highest BCUT2D eigenvalue weighted by atomic mass is 19.1. The lowest BCUT2D eigenvalue weighted by Crippen LogP contribution is -2.32. The molecule has 4 heteroatoms. The third kappa shape index (κ3) is 3.68. The molecule has 0 radical (unpaired) electrons. The van der Waals surface area contributed by atoms with Gasteiger partial charge in [-0.15, -0.1) is 0 Å². The van der Waals surface area contributed by atoms with Crippen LogP contribution in [0.2, 0.25) is 0 Å². The van der Waals surface area contributed by atoms with E-state index < -0.39 is 6.10 Å². The standard InChI is InChI=1S/C13H18FNO2/c1-9-3-2-4-12(13(9)14)17-8-11(16)7-15-10-5-6-10/h2-4,10-11,15-16H,5-8H2,1H3. The van der Waals surface area contributed by atoms with Crippen molar-refractivity contribution < 1.29 is 14.2 Å². The van der Waals surface area contributed by atoms with Crippen molar-refractivity contribution in [2.45, 2.75) is 31.9 Å². The van der Waals surface area contributed by atoms with Gasteiger partial charge >= 0.3 is 0 Å². The fourth-order valence-electron chi connectivity index (χ4n) is 1.57. The van der Waals surface area contributed by atoms with Crippen LogP contribution in [0.4, 0.5) is 4.39 Å². The first-order valence-corrected chi connectivity index (χ1v) is 5.96. The van der Waals surface area contributed by atoms with Crippen molar-refractivity contribution in [2.75, 3.05) is 13.2 Å². The molecule has 3 nitrogen and oxygen atoms in total. The topological polar surface area (TPSA) is 41.5 Å². The van der Waals surface area contributed by atoms with Gasteiger partial charge < -0.3 is 15.2 Å². The first kappa shape index (κ1) is 12.3. The average Bonchev–Trinajstić information content (AvgIpc) is 3.12. The quantitative estimate of drug-likeness (QED) is 0.792. The molecule has 17 heavy (non-hydrogen) atoms. The molecule has 0 bridgehead atoms. The smallest absolute Gasteiger partial charge is 0.167 e. The summed E-state index contributed by atoms with van der Waals surface area (Å²) >= 11 is 0. The lowest BCUT2D eigenvalue weighted by molar-refractivity contribution is 0.104. The van der Waals surface area contributed by atoms with Crippen LogP contribution in [0.1, 0.15) is 18.4 Å². The van der Waals surface area contributed by atoms with E-state index >= 15 is 0 Å². The van der Waals surface area contributed by atoms with Crippen molar-refractivity contribution in [3.8, 4) is 5.75 Å². The molecule has 2 N–H and O–H groups in total. The summed E-state index contributed by atoms with van der Waals surface area (Å²) < 4.78 is 18.8. The zero-order chi connectivity index (χ0) is 12.3. The number of nitrogens with one attached hydrogen (secondary N) is 1. The van der Waals surface area contributed by atoms with Crippen molar-refractivity contribution in [3.05, 3.63) is 29.6 Å². The van der Waals surface area contributed by atoms with E-state index in [1.54, 1.807) is 25.1 Å². The molecule has 2 rings (SSSR count). The fraction of sp³-hybridized carbons (Fsp3) is 0.538. The van der Waals surface area contributed by atoms with E-state index in [1.165, 1.54) is 12.8 Å². The summed E-state index contributed by atoms with van der Waals surface area (Å²) in [7, 11) is 0. The number of hydrogen-bond donors (Lipinski definition) is 2. The number of benzene rings is 1. The second-order valence-corrected chi connectivity index (χ2v) is 4.53. The summed E-state index contributed by atoms with van der Waals surface area (Å²) in [5, 5.41) is 12.8. The molecule has 1 aromatic rings. The largest absolute Gasteiger partial charge is 0.488 e. The third-order valence-corrected chi connectivity index (χ3v) is 2.81. The van der Waals surface area contributed by atoms with Crippen molar-refractivity contribution in [2.24, 2.45) is 0 Å². The van der Waals surface area contributed by atoms with Gasteiger partial charge in [-0.2, -0.15) is 0 Å². The van der Waals surface area contributed by atoms with Crippen LogP contribution in [-0.4, -0.2) is 30.4 Å². The maximum absolute atomic E-state index is 13.6. The molecule has 1 atom stereocenters. The SMILES string of the molecule is Cc1cccc(OCC(O)CNC2CC2)c1F. The Kier molecular flexibility index (Phi) is 3.97. The summed E-state index contributed by atoms with van der Waals surface area (Å²) in [4.78, 5) is 0. The van der Waals surface area contributed by atoms with Gasteiger partial charge in [-0.3, -0.25) is 0 Å². The van der Waals surface area contributed by atoms with Crippen LogP contribution in [0.5, 0.6) is 5.75 Å². The molecule has 0 amide bonds. The van der Waals surface area contributed by atoms with Gasteiger partial charge in [0.1, 0.15) is 12.7 Å². The van der Waals surface area contributed by atoms with Crippen LogP contribution in [0.3, 0.4) is 0 Å². The van der Waals surface area contributed by atoms with Crippen molar-refractivity contribution in [1.29, 1.82) is 0 Å². The molecule has 1 saturated carbocycles. The monoisotopic (exact) mass is 239 g/mol. The van der Waals surface area contributed by atoms with Crippen LogP contribution in [-0.2, 0) is 0 Å². The number of aliphatic hydroxyl groups is 1. The Labute approximate surface area is 101 Å². The minimum absolute atomic E-state index is 0.111. The zero-order valence-corrected chi connectivity index (χ0v) is 9.95. The van der Waals surface area contributed by atoms with Gasteiger partial charge in [0.2, 0.25) is 0 Å². The van der Waals surface area contributed by atoms with Crippen LogP contribution in [0.15, 0.2) is 18.2 Å². The first-order valence-electron chi connectivity index (χ1n) is 5.96. The Bertz CT molecular complexity index is 380. The number of hydrogen-bond acceptors (Lipinski definition) is 3. The Morgan fingerprint density at radius 1 is 1.53 bits per heavy atom. The summed E-state index contributed by atoms with van der Waals surface area (Å²) in [6, 6.07) is 5.56. The minimum Gasteiger partial charge on any atom is -0.488 e. The van der Waals surface area contributed by atoms with Crippen LogP contribution >= 0.6 is 0 Å². The van der Waals surface area contributed by atoms with Crippen molar-refractivity contribution in [3.63, 3.8) is 0 Å². The van der Waals surface area contributed by atoms with Gasteiger partial charge in [0.25, 0.3) is 0 Å². The number of rotatable bonds is 6. The van der Waals surface area contributed by atoms with Crippen LogP contribution in [0, 0.1) is 12.7 Å². The van der Waals surface area contributed by atoms with Crippen molar-refractivity contribution in [1.82, 2.24) is 5.32 Å². The van der Waals surface area contributed by atoms with E-state index in [4.69, 9.17) is 4.74 Å². The van der Waals surface area contributed by atoms with E-state index in [2.05, 4.69) is 5.32 Å².